The summed E-state index contributed by atoms with van der Waals surface area (Å²) in [6.07, 6.45) is 3.66. The number of hydrogen-bond acceptors (Lipinski definition) is 8. The number of nitrogens with two attached hydrogens (primary N) is 1. The van der Waals surface area contributed by atoms with E-state index < -0.39 is 40.7 Å². The van der Waals surface area contributed by atoms with Crippen LogP contribution in [0.3, 0.4) is 0 Å². The van der Waals surface area contributed by atoms with Gasteiger partial charge in [-0.3, -0.25) is 14.4 Å². The van der Waals surface area contributed by atoms with Crippen LogP contribution in [0.2, 0.25) is 0 Å². The first-order valence-corrected chi connectivity index (χ1v) is 11.5. The quantitative estimate of drug-likeness (QED) is 0.197. The minimum Gasteiger partial charge on any atom is -0.512 e. The molecule has 0 spiro atoms. The van der Waals surface area contributed by atoms with E-state index >= 15 is 0 Å². The average Bonchev–Trinajstić information content (AvgIpc) is 2.77. The number of phenolic OH excluding ortho intramolecular Hbond substituents is 1. The zero-order chi connectivity index (χ0) is 25.8. The van der Waals surface area contributed by atoms with Gasteiger partial charge in [0.05, 0.1) is 17.9 Å². The fraction of sp³-hybridized carbons (Fsp3) is 0.500. The Labute approximate surface area is 199 Å². The molecule has 2 rings (SSSR count). The molecule has 4 atom stereocenters. The van der Waals surface area contributed by atoms with Crippen LogP contribution in [0.15, 0.2) is 35.8 Å². The number of ketones is 3. The Morgan fingerprint density at radius 2 is 1.79 bits per heavy atom. The van der Waals surface area contributed by atoms with Gasteiger partial charge in [0.1, 0.15) is 11.5 Å². The van der Waals surface area contributed by atoms with E-state index in [-0.39, 0.29) is 48.7 Å². The lowest BCUT2D eigenvalue weighted by atomic mass is 9.65. The van der Waals surface area contributed by atoms with Gasteiger partial charge >= 0.3 is 0 Å². The lowest BCUT2D eigenvalue weighted by Gasteiger charge is -2.43. The van der Waals surface area contributed by atoms with E-state index in [1.807, 2.05) is 6.92 Å². The maximum absolute atomic E-state index is 12.5. The SMILES string of the molecule is CCc1ccc(C[C@@H]2C=C(O)[C@](O)(C(C)=O)[C@H]([C@H](CC)/C(O)=C/C(=O)CN)C2)c(C(C)=O)c1O. The highest BCUT2D eigenvalue weighted by Crippen LogP contribution is 2.45. The number of carbonyl (C=O) groups excluding carboxylic acids is 3. The first-order chi connectivity index (χ1) is 15.9. The summed E-state index contributed by atoms with van der Waals surface area (Å²) in [6.45, 7) is 5.83. The van der Waals surface area contributed by atoms with Gasteiger partial charge in [-0.05, 0) is 62.7 Å². The molecule has 8 nitrogen and oxygen atoms in total. The maximum Gasteiger partial charge on any atom is 0.182 e. The molecule has 0 saturated heterocycles. The second kappa shape index (κ2) is 11.0. The Bertz CT molecular complexity index is 1030. The highest BCUT2D eigenvalue weighted by molar-refractivity contribution is 5.98. The van der Waals surface area contributed by atoms with Gasteiger partial charge in [-0.1, -0.05) is 26.0 Å². The normalized spacial score (nSPS) is 23.8. The molecule has 186 valence electrons. The molecule has 1 aliphatic rings. The number of aromatic hydroxyl groups is 1. The predicted octanol–water partition coefficient (Wildman–Crippen LogP) is 3.09. The van der Waals surface area contributed by atoms with E-state index in [2.05, 4.69) is 0 Å². The molecule has 1 aromatic rings. The van der Waals surface area contributed by atoms with E-state index in [0.717, 1.165) is 13.0 Å². The number of hydrogen-bond donors (Lipinski definition) is 5. The third-order valence-corrected chi connectivity index (χ3v) is 6.79. The summed E-state index contributed by atoms with van der Waals surface area (Å²) in [5.41, 5.74) is 4.53. The molecule has 1 aliphatic carbocycles. The topological polar surface area (TPSA) is 158 Å². The molecule has 0 heterocycles. The summed E-state index contributed by atoms with van der Waals surface area (Å²) in [4.78, 5) is 36.5. The number of phenols is 1. The summed E-state index contributed by atoms with van der Waals surface area (Å²) in [5, 5.41) is 43.2. The van der Waals surface area contributed by atoms with Crippen LogP contribution in [-0.4, -0.2) is 49.9 Å². The van der Waals surface area contributed by atoms with E-state index in [4.69, 9.17) is 5.73 Å². The van der Waals surface area contributed by atoms with Gasteiger partial charge in [-0.25, -0.2) is 0 Å². The molecular formula is C26H35NO7. The van der Waals surface area contributed by atoms with Crippen LogP contribution in [0.1, 0.15) is 62.0 Å². The zero-order valence-corrected chi connectivity index (χ0v) is 20.2. The van der Waals surface area contributed by atoms with Crippen molar-refractivity contribution in [2.24, 2.45) is 23.5 Å². The second-order valence-electron chi connectivity index (χ2n) is 8.95. The summed E-state index contributed by atoms with van der Waals surface area (Å²) in [7, 11) is 0. The van der Waals surface area contributed by atoms with Crippen molar-refractivity contribution in [2.75, 3.05) is 6.54 Å². The number of Topliss-reactive ketones (excluding diaryl/α,β-unsaturated/α-hetero) is 2. The number of allylic oxidation sites excluding steroid dienone is 2. The molecule has 0 bridgehead atoms. The molecular weight excluding hydrogens is 438 g/mol. The summed E-state index contributed by atoms with van der Waals surface area (Å²) in [6, 6.07) is 3.50. The van der Waals surface area contributed by atoms with Crippen molar-refractivity contribution in [3.05, 3.63) is 52.5 Å². The van der Waals surface area contributed by atoms with E-state index in [1.165, 1.54) is 13.0 Å². The van der Waals surface area contributed by atoms with Crippen molar-refractivity contribution in [1.82, 2.24) is 0 Å². The molecule has 0 unspecified atom stereocenters. The van der Waals surface area contributed by atoms with E-state index in [1.54, 1.807) is 19.1 Å². The molecule has 0 aromatic heterocycles. The summed E-state index contributed by atoms with van der Waals surface area (Å²) in [5.74, 6) is -4.55. The Balaban J connectivity index is 2.55. The monoisotopic (exact) mass is 473 g/mol. The largest absolute Gasteiger partial charge is 0.512 e. The third-order valence-electron chi connectivity index (χ3n) is 6.79. The molecule has 34 heavy (non-hydrogen) atoms. The van der Waals surface area contributed by atoms with Crippen LogP contribution < -0.4 is 5.73 Å². The number of carbonyl (C=O) groups is 3. The van der Waals surface area contributed by atoms with Crippen LogP contribution >= 0.6 is 0 Å². The smallest absolute Gasteiger partial charge is 0.182 e. The molecule has 6 N–H and O–H groups in total. The average molecular weight is 474 g/mol. The van der Waals surface area contributed by atoms with E-state index in [9.17, 15) is 34.8 Å². The molecule has 0 radical (unpaired) electrons. The predicted molar refractivity (Wildman–Crippen MR) is 128 cm³/mol. The fourth-order valence-corrected chi connectivity index (χ4v) is 4.98. The Hall–Kier alpha value is -2.97. The van der Waals surface area contributed by atoms with Crippen LogP contribution in [0.25, 0.3) is 0 Å². The van der Waals surface area contributed by atoms with Gasteiger partial charge in [0.15, 0.2) is 23.0 Å². The van der Waals surface area contributed by atoms with Crippen molar-refractivity contribution >= 4 is 17.3 Å². The van der Waals surface area contributed by atoms with E-state index in [0.29, 0.717) is 17.5 Å². The van der Waals surface area contributed by atoms with Gasteiger partial charge in [0.25, 0.3) is 0 Å². The lowest BCUT2D eigenvalue weighted by molar-refractivity contribution is -0.144. The molecule has 1 aromatic carbocycles. The molecule has 0 amide bonds. The van der Waals surface area contributed by atoms with Crippen molar-refractivity contribution in [1.29, 1.82) is 0 Å². The number of benzene rings is 1. The van der Waals surface area contributed by atoms with Crippen LogP contribution in [0.5, 0.6) is 5.75 Å². The number of aliphatic hydroxyl groups excluding tert-OH is 2. The first kappa shape index (κ1) is 27.3. The van der Waals surface area contributed by atoms with Crippen LogP contribution in [-0.2, 0) is 22.4 Å². The van der Waals surface area contributed by atoms with Crippen molar-refractivity contribution in [2.45, 2.75) is 59.0 Å². The van der Waals surface area contributed by atoms with Gasteiger partial charge in [0.2, 0.25) is 0 Å². The minimum absolute atomic E-state index is 0.0689. The zero-order valence-electron chi connectivity index (χ0n) is 20.2. The summed E-state index contributed by atoms with van der Waals surface area (Å²) < 4.78 is 0. The highest BCUT2D eigenvalue weighted by Gasteiger charge is 2.52. The number of aryl methyl sites for hydroxylation is 1. The minimum atomic E-state index is -2.23. The lowest BCUT2D eigenvalue weighted by Crippen LogP contribution is -2.52. The number of rotatable bonds is 10. The van der Waals surface area contributed by atoms with Gasteiger partial charge in [-0.2, -0.15) is 0 Å². The molecule has 0 saturated carbocycles. The fourth-order valence-electron chi connectivity index (χ4n) is 4.98. The molecule has 8 heteroatoms. The van der Waals surface area contributed by atoms with Crippen LogP contribution in [0.4, 0.5) is 0 Å². The standard InChI is InChI=1S/C26H35NO7/c1-5-17-7-8-18(24(14(3)28)25(17)33)9-16-10-21(26(34,15(4)29)23(32)11-16)20(6-2)22(31)12-19(30)13-27/h7-8,11-12,16,20-21,31-34H,5-6,9-10,13,27H2,1-4H3/b22-12-/t16-,20-,21-,26-/m0/s1. The van der Waals surface area contributed by atoms with Gasteiger partial charge in [-0.15, -0.1) is 0 Å². The Morgan fingerprint density at radius 3 is 2.29 bits per heavy atom. The highest BCUT2D eigenvalue weighted by atomic mass is 16.3. The van der Waals surface area contributed by atoms with Crippen molar-refractivity contribution in [3.8, 4) is 5.75 Å². The molecule has 0 fully saturated rings. The first-order valence-electron chi connectivity index (χ1n) is 11.5. The maximum atomic E-state index is 12.5. The van der Waals surface area contributed by atoms with Crippen LogP contribution in [0, 0.1) is 17.8 Å². The van der Waals surface area contributed by atoms with Crippen molar-refractivity contribution < 1.29 is 34.8 Å². The van der Waals surface area contributed by atoms with Gasteiger partial charge in [0, 0.05) is 17.9 Å². The second-order valence-corrected chi connectivity index (χ2v) is 8.95. The Kier molecular flexibility index (Phi) is 8.80. The van der Waals surface area contributed by atoms with Crippen molar-refractivity contribution in [3.63, 3.8) is 0 Å². The summed E-state index contributed by atoms with van der Waals surface area (Å²) >= 11 is 0. The Morgan fingerprint density at radius 1 is 1.18 bits per heavy atom. The van der Waals surface area contributed by atoms with Gasteiger partial charge < -0.3 is 26.2 Å². The number of aliphatic hydroxyl groups is 3. The molecule has 0 aliphatic heterocycles. The third kappa shape index (κ3) is 5.23.